The van der Waals surface area contributed by atoms with Crippen LogP contribution in [0.3, 0.4) is 0 Å². The van der Waals surface area contributed by atoms with E-state index in [2.05, 4.69) is 5.32 Å². The predicted molar refractivity (Wildman–Crippen MR) is 155 cm³/mol. The molecule has 0 bridgehead atoms. The van der Waals surface area contributed by atoms with Crippen LogP contribution in [0.1, 0.15) is 25.7 Å². The van der Waals surface area contributed by atoms with Crippen LogP contribution in [0.5, 0.6) is 0 Å². The molecule has 0 aliphatic rings. The summed E-state index contributed by atoms with van der Waals surface area (Å²) in [6.45, 7) is 9.25. The molecule has 16 nitrogen and oxygen atoms in total. The summed E-state index contributed by atoms with van der Waals surface area (Å²) in [7, 11) is 0. The van der Waals surface area contributed by atoms with Crippen LogP contribution in [0.15, 0.2) is 0 Å². The Labute approximate surface area is 259 Å². The van der Waals surface area contributed by atoms with Gasteiger partial charge in [0.1, 0.15) is 0 Å². The zero-order chi connectivity index (χ0) is 32.2. The van der Waals surface area contributed by atoms with Gasteiger partial charge >= 0.3 is 11.9 Å². The SMILES string of the molecule is O=C(O)CCOCCOCCOCCOCCOCCOCCOCCOCCOCCOCCCNC(=O)CCC(=O)O. The summed E-state index contributed by atoms with van der Waals surface area (Å²) in [6, 6.07) is 0. The fraction of sp³-hybridized carbons (Fsp3) is 0.893. The highest BCUT2D eigenvalue weighted by molar-refractivity contribution is 5.80. The maximum Gasteiger partial charge on any atom is 0.305 e. The molecule has 44 heavy (non-hydrogen) atoms. The average molecular weight is 644 g/mol. The standard InChI is InChI=1S/C28H53NO15/c30-26(2-3-27(31)32)29-5-1-6-35-8-10-37-12-14-39-16-18-41-20-22-43-24-25-44-23-21-42-19-17-40-15-13-38-11-9-36-7-4-28(33)34/h1-25H2,(H,29,30)(H,31,32)(H,33,34). The number of carboxylic acids is 2. The molecule has 1 amide bonds. The summed E-state index contributed by atoms with van der Waals surface area (Å²) < 4.78 is 53.7. The summed E-state index contributed by atoms with van der Waals surface area (Å²) in [5.74, 6) is -2.14. The van der Waals surface area contributed by atoms with Crippen LogP contribution in [0.4, 0.5) is 0 Å². The fourth-order valence-corrected chi connectivity index (χ4v) is 2.95. The van der Waals surface area contributed by atoms with Gasteiger partial charge in [-0.15, -0.1) is 0 Å². The Morgan fingerprint density at radius 2 is 0.636 bits per heavy atom. The van der Waals surface area contributed by atoms with Crippen LogP contribution in [0.25, 0.3) is 0 Å². The first-order valence-corrected chi connectivity index (χ1v) is 15.0. The number of carboxylic acid groups (broad SMARTS) is 2. The van der Waals surface area contributed by atoms with Gasteiger partial charge in [-0.1, -0.05) is 0 Å². The summed E-state index contributed by atoms with van der Waals surface area (Å²) >= 11 is 0. The topological polar surface area (TPSA) is 196 Å². The van der Waals surface area contributed by atoms with Crippen LogP contribution in [-0.4, -0.2) is 167 Å². The zero-order valence-electron chi connectivity index (χ0n) is 25.9. The van der Waals surface area contributed by atoms with E-state index in [0.717, 1.165) is 0 Å². The van der Waals surface area contributed by atoms with Crippen molar-refractivity contribution < 1.29 is 72.0 Å². The maximum atomic E-state index is 11.3. The number of ether oxygens (including phenoxy) is 10. The van der Waals surface area contributed by atoms with Crippen molar-refractivity contribution in [1.82, 2.24) is 5.32 Å². The first-order valence-electron chi connectivity index (χ1n) is 15.0. The minimum Gasteiger partial charge on any atom is -0.481 e. The van der Waals surface area contributed by atoms with Crippen molar-refractivity contribution in [2.75, 3.05) is 139 Å². The Morgan fingerprint density at radius 1 is 0.364 bits per heavy atom. The van der Waals surface area contributed by atoms with Crippen LogP contribution in [-0.2, 0) is 61.8 Å². The molecule has 3 N–H and O–H groups in total. The van der Waals surface area contributed by atoms with Gasteiger partial charge in [0.25, 0.3) is 0 Å². The molecule has 0 aliphatic heterocycles. The normalized spacial score (nSPS) is 11.2. The molecule has 0 aromatic rings. The smallest absolute Gasteiger partial charge is 0.305 e. The van der Waals surface area contributed by atoms with Crippen LogP contribution in [0.2, 0.25) is 0 Å². The number of amides is 1. The number of carbonyl (C=O) groups excluding carboxylic acids is 1. The largest absolute Gasteiger partial charge is 0.481 e. The van der Waals surface area contributed by atoms with Crippen molar-refractivity contribution in [3.63, 3.8) is 0 Å². The first-order chi connectivity index (χ1) is 21.5. The van der Waals surface area contributed by atoms with Gasteiger partial charge < -0.3 is 62.9 Å². The van der Waals surface area contributed by atoms with E-state index >= 15 is 0 Å². The second-order valence-electron chi connectivity index (χ2n) is 8.86. The fourth-order valence-electron chi connectivity index (χ4n) is 2.95. The number of nitrogens with one attached hydrogen (secondary N) is 1. The highest BCUT2D eigenvalue weighted by Crippen LogP contribution is 1.90. The Hall–Kier alpha value is -1.99. The van der Waals surface area contributed by atoms with E-state index in [1.54, 1.807) is 0 Å². The summed E-state index contributed by atoms with van der Waals surface area (Å²) in [6.07, 6.45) is 0.456. The van der Waals surface area contributed by atoms with Crippen LogP contribution >= 0.6 is 0 Å². The molecule has 260 valence electrons. The molecule has 0 aromatic carbocycles. The Balaban J connectivity index is 3.09. The van der Waals surface area contributed by atoms with Gasteiger partial charge in [-0.3, -0.25) is 14.4 Å². The van der Waals surface area contributed by atoms with Crippen molar-refractivity contribution in [1.29, 1.82) is 0 Å². The van der Waals surface area contributed by atoms with Gasteiger partial charge in [-0.2, -0.15) is 0 Å². The molecule has 0 radical (unpaired) electrons. The Morgan fingerprint density at radius 3 is 0.932 bits per heavy atom. The quantitative estimate of drug-likeness (QED) is 0.0765. The second kappa shape index (κ2) is 35.5. The van der Waals surface area contributed by atoms with Gasteiger partial charge in [0, 0.05) is 19.6 Å². The monoisotopic (exact) mass is 643 g/mol. The first kappa shape index (κ1) is 42.0. The third-order valence-electron chi connectivity index (χ3n) is 5.16. The van der Waals surface area contributed by atoms with E-state index in [1.165, 1.54) is 0 Å². The lowest BCUT2D eigenvalue weighted by molar-refractivity contribution is -0.139. The molecule has 0 saturated heterocycles. The van der Waals surface area contributed by atoms with E-state index in [1.807, 2.05) is 0 Å². The van der Waals surface area contributed by atoms with Gasteiger partial charge in [0.15, 0.2) is 0 Å². The molecule has 0 spiro atoms. The van der Waals surface area contributed by atoms with Gasteiger partial charge in [-0.05, 0) is 6.42 Å². The van der Waals surface area contributed by atoms with Crippen molar-refractivity contribution in [3.05, 3.63) is 0 Å². The maximum absolute atomic E-state index is 11.3. The number of hydrogen-bond acceptors (Lipinski definition) is 13. The Bertz CT molecular complexity index is 657. The second-order valence-corrected chi connectivity index (χ2v) is 8.86. The van der Waals surface area contributed by atoms with Crippen LogP contribution in [0, 0.1) is 0 Å². The molecule has 16 heteroatoms. The molecular formula is C28H53NO15. The van der Waals surface area contributed by atoms with E-state index in [9.17, 15) is 14.4 Å². The summed E-state index contributed by atoms with van der Waals surface area (Å²) in [5, 5.41) is 19.6. The molecule has 0 aromatic heterocycles. The number of hydrogen-bond donors (Lipinski definition) is 3. The average Bonchev–Trinajstić information content (AvgIpc) is 3.00. The molecule has 0 heterocycles. The van der Waals surface area contributed by atoms with E-state index in [0.29, 0.717) is 138 Å². The predicted octanol–water partition coefficient (Wildman–Crippen LogP) is -0.00180. The summed E-state index contributed by atoms with van der Waals surface area (Å²) in [4.78, 5) is 32.1. The lowest BCUT2D eigenvalue weighted by Crippen LogP contribution is -2.25. The van der Waals surface area contributed by atoms with E-state index in [-0.39, 0.29) is 31.8 Å². The number of aliphatic carboxylic acids is 2. The van der Waals surface area contributed by atoms with E-state index < -0.39 is 11.9 Å². The lowest BCUT2D eigenvalue weighted by Gasteiger charge is -2.09. The van der Waals surface area contributed by atoms with Crippen molar-refractivity contribution in [2.45, 2.75) is 25.7 Å². The van der Waals surface area contributed by atoms with Crippen molar-refractivity contribution in [3.8, 4) is 0 Å². The van der Waals surface area contributed by atoms with Crippen LogP contribution < -0.4 is 5.32 Å². The molecule has 0 unspecified atom stereocenters. The van der Waals surface area contributed by atoms with Crippen molar-refractivity contribution >= 4 is 17.8 Å². The van der Waals surface area contributed by atoms with Gasteiger partial charge in [0.2, 0.25) is 5.91 Å². The molecular weight excluding hydrogens is 590 g/mol. The zero-order valence-corrected chi connectivity index (χ0v) is 25.9. The molecule has 0 aliphatic carbocycles. The molecule has 0 atom stereocenters. The Kier molecular flexibility index (Phi) is 33.9. The minimum atomic E-state index is -0.987. The summed E-state index contributed by atoms with van der Waals surface area (Å²) in [5.41, 5.74) is 0. The third kappa shape index (κ3) is 38.0. The minimum absolute atomic E-state index is 0.00911. The lowest BCUT2D eigenvalue weighted by atomic mass is 10.3. The number of rotatable bonds is 37. The molecule has 0 fully saturated rings. The highest BCUT2D eigenvalue weighted by Gasteiger charge is 2.04. The molecule has 0 saturated carbocycles. The third-order valence-corrected chi connectivity index (χ3v) is 5.16. The van der Waals surface area contributed by atoms with E-state index in [4.69, 9.17) is 57.6 Å². The molecule has 0 rings (SSSR count). The van der Waals surface area contributed by atoms with Gasteiger partial charge in [0.05, 0.1) is 138 Å². The van der Waals surface area contributed by atoms with Gasteiger partial charge in [-0.25, -0.2) is 0 Å². The van der Waals surface area contributed by atoms with Crippen molar-refractivity contribution in [2.24, 2.45) is 0 Å². The highest BCUT2D eigenvalue weighted by atomic mass is 16.6. The number of carbonyl (C=O) groups is 3.